The molecule has 2 rings (SSSR count). The molecular formula is C9H8Cl2N4. The number of hydrogen-bond donors (Lipinski definition) is 2. The van der Waals surface area contributed by atoms with Crippen molar-refractivity contribution in [2.75, 3.05) is 5.73 Å². The van der Waals surface area contributed by atoms with Crippen molar-refractivity contribution >= 4 is 29.2 Å². The second-order valence-corrected chi connectivity index (χ2v) is 3.90. The molecule has 0 bridgehead atoms. The fourth-order valence-corrected chi connectivity index (χ4v) is 1.71. The van der Waals surface area contributed by atoms with Crippen molar-refractivity contribution in [3.8, 4) is 0 Å². The van der Waals surface area contributed by atoms with Gasteiger partial charge in [-0.25, -0.2) is 0 Å². The average molecular weight is 243 g/mol. The number of nitrogens with two attached hydrogens (primary N) is 1. The number of nitrogen functional groups attached to an aromatic ring is 1. The summed E-state index contributed by atoms with van der Waals surface area (Å²) in [6.07, 6.45) is 0.556. The first-order valence-corrected chi connectivity index (χ1v) is 5.01. The number of halogens is 2. The lowest BCUT2D eigenvalue weighted by Crippen LogP contribution is -1.92. The number of nitrogens with one attached hydrogen (secondary N) is 1. The van der Waals surface area contributed by atoms with E-state index in [1.54, 1.807) is 12.1 Å². The largest absolute Gasteiger partial charge is 0.367 e. The van der Waals surface area contributed by atoms with Crippen LogP contribution < -0.4 is 5.73 Å². The zero-order valence-corrected chi connectivity index (χ0v) is 9.18. The maximum absolute atomic E-state index is 6.01. The Labute approximate surface area is 96.4 Å². The van der Waals surface area contributed by atoms with Gasteiger partial charge in [-0.15, -0.1) is 5.10 Å². The van der Waals surface area contributed by atoms with Crippen LogP contribution in [0.25, 0.3) is 0 Å². The summed E-state index contributed by atoms with van der Waals surface area (Å²) in [7, 11) is 0. The summed E-state index contributed by atoms with van der Waals surface area (Å²) >= 11 is 11.8. The Morgan fingerprint density at radius 2 is 2.13 bits per heavy atom. The van der Waals surface area contributed by atoms with E-state index in [0.29, 0.717) is 22.3 Å². The van der Waals surface area contributed by atoms with E-state index in [4.69, 9.17) is 28.9 Å². The monoisotopic (exact) mass is 242 g/mol. The molecule has 0 saturated heterocycles. The van der Waals surface area contributed by atoms with Gasteiger partial charge in [-0.05, 0) is 17.7 Å². The Kier molecular flexibility index (Phi) is 2.79. The van der Waals surface area contributed by atoms with Crippen LogP contribution in [0.5, 0.6) is 0 Å². The summed E-state index contributed by atoms with van der Waals surface area (Å²) in [5.41, 5.74) is 6.31. The highest BCUT2D eigenvalue weighted by Gasteiger charge is 2.05. The molecule has 2 aromatic rings. The average Bonchev–Trinajstić information content (AvgIpc) is 2.56. The zero-order valence-electron chi connectivity index (χ0n) is 7.67. The number of aromatic amines is 1. The van der Waals surface area contributed by atoms with E-state index >= 15 is 0 Å². The number of benzene rings is 1. The van der Waals surface area contributed by atoms with Crippen LogP contribution in [0, 0.1) is 0 Å². The van der Waals surface area contributed by atoms with Gasteiger partial charge >= 0.3 is 0 Å². The number of hydrogen-bond acceptors (Lipinski definition) is 3. The van der Waals surface area contributed by atoms with Gasteiger partial charge in [0, 0.05) is 16.5 Å². The van der Waals surface area contributed by atoms with E-state index in [9.17, 15) is 0 Å². The highest BCUT2D eigenvalue weighted by Crippen LogP contribution is 2.22. The van der Waals surface area contributed by atoms with Gasteiger partial charge in [-0.1, -0.05) is 29.3 Å². The molecule has 0 atom stereocenters. The van der Waals surface area contributed by atoms with Crippen LogP contribution in [0.2, 0.25) is 10.0 Å². The summed E-state index contributed by atoms with van der Waals surface area (Å²) in [6, 6.07) is 5.32. The third-order valence-corrected chi connectivity index (χ3v) is 2.51. The summed E-state index contributed by atoms with van der Waals surface area (Å²) in [6.45, 7) is 0. The minimum atomic E-state index is 0.232. The number of aromatic nitrogens is 3. The molecule has 6 heteroatoms. The summed E-state index contributed by atoms with van der Waals surface area (Å²) in [4.78, 5) is 3.99. The Bertz CT molecular complexity index is 481. The predicted octanol–water partition coefficient (Wildman–Crippen LogP) is 2.28. The quantitative estimate of drug-likeness (QED) is 0.850. The third kappa shape index (κ3) is 2.40. The van der Waals surface area contributed by atoms with Gasteiger partial charge in [0.05, 0.1) is 0 Å². The van der Waals surface area contributed by atoms with Crippen LogP contribution in [-0.4, -0.2) is 15.2 Å². The number of rotatable bonds is 2. The highest BCUT2D eigenvalue weighted by molar-refractivity contribution is 6.35. The van der Waals surface area contributed by atoms with Crippen molar-refractivity contribution in [2.45, 2.75) is 6.42 Å². The summed E-state index contributed by atoms with van der Waals surface area (Å²) in [5, 5.41) is 7.67. The summed E-state index contributed by atoms with van der Waals surface area (Å²) in [5.74, 6) is 0.909. The van der Waals surface area contributed by atoms with Crippen LogP contribution in [0.4, 0.5) is 5.95 Å². The van der Waals surface area contributed by atoms with Crippen LogP contribution in [-0.2, 0) is 6.42 Å². The molecule has 1 aromatic carbocycles. The maximum atomic E-state index is 6.01. The first-order valence-electron chi connectivity index (χ1n) is 4.26. The van der Waals surface area contributed by atoms with Crippen LogP contribution in [0.1, 0.15) is 11.4 Å². The van der Waals surface area contributed by atoms with Crippen molar-refractivity contribution in [1.29, 1.82) is 0 Å². The molecule has 0 aliphatic rings. The molecule has 0 spiro atoms. The van der Waals surface area contributed by atoms with Crippen LogP contribution >= 0.6 is 23.2 Å². The van der Waals surface area contributed by atoms with Gasteiger partial charge in [0.15, 0.2) is 0 Å². The Morgan fingerprint density at radius 1 is 1.33 bits per heavy atom. The van der Waals surface area contributed by atoms with E-state index in [-0.39, 0.29) is 5.95 Å². The van der Waals surface area contributed by atoms with Crippen LogP contribution in [0.15, 0.2) is 18.2 Å². The lowest BCUT2D eigenvalue weighted by molar-refractivity contribution is 0.973. The van der Waals surface area contributed by atoms with E-state index in [1.165, 1.54) is 0 Å². The normalized spacial score (nSPS) is 10.5. The smallest absolute Gasteiger partial charge is 0.239 e. The molecule has 0 fully saturated rings. The molecule has 4 nitrogen and oxygen atoms in total. The number of anilines is 1. The minimum absolute atomic E-state index is 0.232. The lowest BCUT2D eigenvalue weighted by Gasteiger charge is -2.01. The standard InChI is InChI=1S/C9H8Cl2N4/c10-6-2-1-5(7(11)4-6)3-8-13-9(12)15-14-8/h1-2,4H,3H2,(H3,12,13,14,15). The molecule has 3 N–H and O–H groups in total. The van der Waals surface area contributed by atoms with Crippen molar-refractivity contribution in [1.82, 2.24) is 15.2 Å². The fourth-order valence-electron chi connectivity index (χ4n) is 1.23. The first kappa shape index (κ1) is 10.3. The molecule has 0 amide bonds. The Hall–Kier alpha value is -1.26. The third-order valence-electron chi connectivity index (χ3n) is 1.92. The molecule has 1 heterocycles. The topological polar surface area (TPSA) is 67.6 Å². The van der Waals surface area contributed by atoms with Crippen molar-refractivity contribution in [3.05, 3.63) is 39.6 Å². The van der Waals surface area contributed by atoms with Crippen molar-refractivity contribution < 1.29 is 0 Å². The molecule has 78 valence electrons. The number of H-pyrrole nitrogens is 1. The van der Waals surface area contributed by atoms with E-state index in [2.05, 4.69) is 15.2 Å². The Balaban J connectivity index is 2.24. The van der Waals surface area contributed by atoms with Gasteiger partial charge in [0.1, 0.15) is 5.82 Å². The SMILES string of the molecule is Nc1n[nH]c(Cc2ccc(Cl)cc2Cl)n1. The first-order chi connectivity index (χ1) is 7.15. The molecular weight excluding hydrogens is 235 g/mol. The van der Waals surface area contributed by atoms with Gasteiger partial charge in [0.2, 0.25) is 5.95 Å². The maximum Gasteiger partial charge on any atom is 0.239 e. The molecule has 0 aliphatic heterocycles. The van der Waals surface area contributed by atoms with Gasteiger partial charge in [0.25, 0.3) is 0 Å². The number of nitrogens with zero attached hydrogens (tertiary/aromatic N) is 2. The highest BCUT2D eigenvalue weighted by atomic mass is 35.5. The summed E-state index contributed by atoms with van der Waals surface area (Å²) < 4.78 is 0. The molecule has 0 unspecified atom stereocenters. The molecule has 1 aromatic heterocycles. The van der Waals surface area contributed by atoms with Crippen molar-refractivity contribution in [3.63, 3.8) is 0 Å². The van der Waals surface area contributed by atoms with Gasteiger partial charge in [-0.2, -0.15) is 4.98 Å². The second kappa shape index (κ2) is 4.08. The zero-order chi connectivity index (χ0) is 10.8. The van der Waals surface area contributed by atoms with Crippen molar-refractivity contribution in [2.24, 2.45) is 0 Å². The van der Waals surface area contributed by atoms with E-state index in [0.717, 1.165) is 5.56 Å². The van der Waals surface area contributed by atoms with Crippen LogP contribution in [0.3, 0.4) is 0 Å². The molecule has 0 radical (unpaired) electrons. The molecule has 15 heavy (non-hydrogen) atoms. The van der Waals surface area contributed by atoms with E-state index < -0.39 is 0 Å². The minimum Gasteiger partial charge on any atom is -0.367 e. The predicted molar refractivity (Wildman–Crippen MR) is 60.1 cm³/mol. The molecule has 0 saturated carbocycles. The lowest BCUT2D eigenvalue weighted by atomic mass is 10.1. The Morgan fingerprint density at radius 3 is 2.73 bits per heavy atom. The van der Waals surface area contributed by atoms with E-state index in [1.807, 2.05) is 6.07 Å². The van der Waals surface area contributed by atoms with Gasteiger partial charge < -0.3 is 5.73 Å². The second-order valence-electron chi connectivity index (χ2n) is 3.05. The van der Waals surface area contributed by atoms with Gasteiger partial charge in [-0.3, -0.25) is 5.10 Å². The molecule has 0 aliphatic carbocycles. The fraction of sp³-hybridized carbons (Fsp3) is 0.111.